The highest BCUT2D eigenvalue weighted by Gasteiger charge is 2.28. The minimum atomic E-state index is 0.286. The van der Waals surface area contributed by atoms with E-state index in [-0.39, 0.29) is 6.10 Å². The zero-order valence-corrected chi connectivity index (χ0v) is 11.6. The van der Waals surface area contributed by atoms with Crippen LogP contribution < -0.4 is 5.32 Å². The Morgan fingerprint density at radius 3 is 2.89 bits per heavy atom. The van der Waals surface area contributed by atoms with Gasteiger partial charge in [0.15, 0.2) is 0 Å². The molecule has 1 aromatic carbocycles. The van der Waals surface area contributed by atoms with E-state index in [4.69, 9.17) is 4.74 Å². The van der Waals surface area contributed by atoms with Crippen molar-refractivity contribution in [3.63, 3.8) is 0 Å². The minimum Gasteiger partial charge on any atom is -0.373 e. The third kappa shape index (κ3) is 3.12. The molecule has 2 rings (SSSR count). The van der Waals surface area contributed by atoms with Gasteiger partial charge in [-0.05, 0) is 36.9 Å². The standard InChI is InChI=1S/C16H25NO/c1-3-13-8-5-6-10-15(13)16-14(12-17-4-2)9-7-11-18-16/h5-6,8,10,14,16-17H,3-4,7,9,11-12H2,1-2H3. The first-order chi connectivity index (χ1) is 8.86. The topological polar surface area (TPSA) is 21.3 Å². The van der Waals surface area contributed by atoms with Gasteiger partial charge in [0.1, 0.15) is 0 Å². The van der Waals surface area contributed by atoms with Crippen molar-refractivity contribution in [2.45, 2.75) is 39.2 Å². The second-order valence-corrected chi connectivity index (χ2v) is 5.05. The third-order valence-electron chi connectivity index (χ3n) is 3.84. The summed E-state index contributed by atoms with van der Waals surface area (Å²) in [5, 5.41) is 3.48. The van der Waals surface area contributed by atoms with E-state index < -0.39 is 0 Å². The number of ether oxygens (including phenoxy) is 1. The molecule has 100 valence electrons. The Balaban J connectivity index is 2.16. The van der Waals surface area contributed by atoms with Gasteiger partial charge >= 0.3 is 0 Å². The maximum atomic E-state index is 6.08. The van der Waals surface area contributed by atoms with Gasteiger partial charge in [-0.1, -0.05) is 38.1 Å². The van der Waals surface area contributed by atoms with Crippen LogP contribution in [0.25, 0.3) is 0 Å². The first-order valence-corrected chi connectivity index (χ1v) is 7.27. The molecule has 0 aromatic heterocycles. The van der Waals surface area contributed by atoms with Crippen LogP contribution in [0, 0.1) is 5.92 Å². The van der Waals surface area contributed by atoms with Gasteiger partial charge in [-0.15, -0.1) is 0 Å². The molecule has 0 radical (unpaired) electrons. The Bertz CT molecular complexity index is 364. The van der Waals surface area contributed by atoms with Crippen LogP contribution in [0.1, 0.15) is 43.9 Å². The molecule has 1 aromatic rings. The van der Waals surface area contributed by atoms with Crippen molar-refractivity contribution in [1.29, 1.82) is 0 Å². The predicted molar refractivity (Wildman–Crippen MR) is 75.8 cm³/mol. The van der Waals surface area contributed by atoms with Crippen LogP contribution in [0.15, 0.2) is 24.3 Å². The van der Waals surface area contributed by atoms with Crippen molar-refractivity contribution >= 4 is 0 Å². The highest BCUT2D eigenvalue weighted by atomic mass is 16.5. The van der Waals surface area contributed by atoms with Crippen molar-refractivity contribution in [2.75, 3.05) is 19.7 Å². The molecule has 2 unspecified atom stereocenters. The molecule has 0 bridgehead atoms. The largest absolute Gasteiger partial charge is 0.373 e. The van der Waals surface area contributed by atoms with Crippen LogP contribution in [-0.4, -0.2) is 19.7 Å². The van der Waals surface area contributed by atoms with Crippen LogP contribution in [0.3, 0.4) is 0 Å². The van der Waals surface area contributed by atoms with E-state index in [1.54, 1.807) is 0 Å². The van der Waals surface area contributed by atoms with Gasteiger partial charge in [0.2, 0.25) is 0 Å². The molecule has 2 nitrogen and oxygen atoms in total. The Labute approximate surface area is 111 Å². The quantitative estimate of drug-likeness (QED) is 0.861. The van der Waals surface area contributed by atoms with E-state index in [0.717, 1.165) is 26.1 Å². The monoisotopic (exact) mass is 247 g/mol. The molecule has 0 aliphatic carbocycles. The summed E-state index contributed by atoms with van der Waals surface area (Å²) >= 11 is 0. The lowest BCUT2D eigenvalue weighted by Gasteiger charge is -2.33. The van der Waals surface area contributed by atoms with Crippen molar-refractivity contribution in [3.05, 3.63) is 35.4 Å². The normalized spacial score (nSPS) is 24.1. The Kier molecular flexibility index (Phi) is 5.21. The number of nitrogens with one attached hydrogen (secondary N) is 1. The summed E-state index contributed by atoms with van der Waals surface area (Å²) < 4.78 is 6.08. The lowest BCUT2D eigenvalue weighted by molar-refractivity contribution is -0.0280. The second kappa shape index (κ2) is 6.91. The fourth-order valence-corrected chi connectivity index (χ4v) is 2.86. The van der Waals surface area contributed by atoms with E-state index in [2.05, 4.69) is 43.4 Å². The van der Waals surface area contributed by atoms with Gasteiger partial charge in [0.25, 0.3) is 0 Å². The lowest BCUT2D eigenvalue weighted by Crippen LogP contribution is -2.32. The Morgan fingerprint density at radius 2 is 2.11 bits per heavy atom. The van der Waals surface area contributed by atoms with Crippen LogP contribution >= 0.6 is 0 Å². The molecule has 1 aliphatic rings. The fourth-order valence-electron chi connectivity index (χ4n) is 2.86. The highest BCUT2D eigenvalue weighted by molar-refractivity contribution is 5.30. The molecule has 1 saturated heterocycles. The summed E-state index contributed by atoms with van der Waals surface area (Å²) in [5.74, 6) is 0.617. The van der Waals surface area contributed by atoms with Crippen molar-refractivity contribution in [3.8, 4) is 0 Å². The van der Waals surface area contributed by atoms with Gasteiger partial charge in [-0.25, -0.2) is 0 Å². The molecule has 0 saturated carbocycles. The number of hydrogen-bond donors (Lipinski definition) is 1. The molecule has 0 spiro atoms. The number of benzene rings is 1. The Morgan fingerprint density at radius 1 is 1.28 bits per heavy atom. The summed E-state index contributed by atoms with van der Waals surface area (Å²) in [4.78, 5) is 0. The molecule has 1 N–H and O–H groups in total. The van der Waals surface area contributed by atoms with Gasteiger partial charge in [-0.2, -0.15) is 0 Å². The van der Waals surface area contributed by atoms with Crippen LogP contribution in [0.4, 0.5) is 0 Å². The number of aryl methyl sites for hydroxylation is 1. The highest BCUT2D eigenvalue weighted by Crippen LogP contribution is 2.35. The summed E-state index contributed by atoms with van der Waals surface area (Å²) in [5.41, 5.74) is 2.84. The zero-order valence-electron chi connectivity index (χ0n) is 11.6. The van der Waals surface area contributed by atoms with Crippen LogP contribution in [0.2, 0.25) is 0 Å². The van der Waals surface area contributed by atoms with Gasteiger partial charge in [-0.3, -0.25) is 0 Å². The molecular weight excluding hydrogens is 222 g/mol. The summed E-state index contributed by atoms with van der Waals surface area (Å²) in [6, 6.07) is 8.74. The average Bonchev–Trinajstić information content (AvgIpc) is 2.45. The minimum absolute atomic E-state index is 0.286. The molecule has 1 fully saturated rings. The summed E-state index contributed by atoms with van der Waals surface area (Å²) in [7, 11) is 0. The van der Waals surface area contributed by atoms with Gasteiger partial charge in [0, 0.05) is 19.1 Å². The Hall–Kier alpha value is -0.860. The van der Waals surface area contributed by atoms with E-state index in [9.17, 15) is 0 Å². The number of hydrogen-bond acceptors (Lipinski definition) is 2. The first kappa shape index (κ1) is 13.6. The summed E-state index contributed by atoms with van der Waals surface area (Å²) in [6.07, 6.45) is 3.84. The zero-order chi connectivity index (χ0) is 12.8. The lowest BCUT2D eigenvalue weighted by atomic mass is 9.86. The molecule has 0 amide bonds. The SMILES string of the molecule is CCNCC1CCCOC1c1ccccc1CC. The van der Waals surface area contributed by atoms with E-state index in [1.807, 2.05) is 0 Å². The molecule has 1 heterocycles. The van der Waals surface area contributed by atoms with Crippen molar-refractivity contribution in [2.24, 2.45) is 5.92 Å². The van der Waals surface area contributed by atoms with Crippen LogP contribution in [-0.2, 0) is 11.2 Å². The first-order valence-electron chi connectivity index (χ1n) is 7.27. The third-order valence-corrected chi connectivity index (χ3v) is 3.84. The average molecular weight is 247 g/mol. The van der Waals surface area contributed by atoms with Crippen molar-refractivity contribution in [1.82, 2.24) is 5.32 Å². The smallest absolute Gasteiger partial charge is 0.0867 e. The van der Waals surface area contributed by atoms with Crippen molar-refractivity contribution < 1.29 is 4.74 Å². The molecule has 2 heteroatoms. The van der Waals surface area contributed by atoms with Gasteiger partial charge < -0.3 is 10.1 Å². The molecule has 18 heavy (non-hydrogen) atoms. The predicted octanol–water partition coefficient (Wildman–Crippen LogP) is 3.33. The summed E-state index contributed by atoms with van der Waals surface area (Å²) in [6.45, 7) is 7.41. The van der Waals surface area contributed by atoms with Crippen LogP contribution in [0.5, 0.6) is 0 Å². The van der Waals surface area contributed by atoms with E-state index in [0.29, 0.717) is 5.92 Å². The van der Waals surface area contributed by atoms with E-state index >= 15 is 0 Å². The number of rotatable bonds is 5. The second-order valence-electron chi connectivity index (χ2n) is 5.05. The molecule has 1 aliphatic heterocycles. The van der Waals surface area contributed by atoms with E-state index in [1.165, 1.54) is 24.0 Å². The maximum Gasteiger partial charge on any atom is 0.0867 e. The fraction of sp³-hybridized carbons (Fsp3) is 0.625. The van der Waals surface area contributed by atoms with Gasteiger partial charge in [0.05, 0.1) is 6.10 Å². The molecule has 2 atom stereocenters. The maximum absolute atomic E-state index is 6.08. The molecular formula is C16H25NO.